The fraction of sp³-hybridized carbons (Fsp3) is 0.320. The van der Waals surface area contributed by atoms with Crippen LogP contribution >= 0.6 is 22.9 Å². The number of thiophene rings is 1. The molecule has 1 aromatic heterocycles. The number of benzene rings is 2. The SMILES string of the molecule is O=C(CN1CCc2sccc2C1c1ccccc1)N1CCN(S(=O)(=O)c2ccc(Cl)cc2)CC1. The lowest BCUT2D eigenvalue weighted by Gasteiger charge is -2.39. The molecule has 1 atom stereocenters. The minimum atomic E-state index is -3.60. The van der Waals surface area contributed by atoms with Crippen molar-refractivity contribution in [2.45, 2.75) is 17.4 Å². The summed E-state index contributed by atoms with van der Waals surface area (Å²) in [6.45, 7) is 2.49. The maximum absolute atomic E-state index is 13.3. The number of halogens is 1. The number of hydrogen-bond donors (Lipinski definition) is 0. The van der Waals surface area contributed by atoms with E-state index in [1.165, 1.54) is 32.4 Å². The lowest BCUT2D eigenvalue weighted by atomic mass is 9.93. The number of nitrogens with zero attached hydrogens (tertiary/aromatic N) is 3. The van der Waals surface area contributed by atoms with Gasteiger partial charge in [-0.2, -0.15) is 4.31 Å². The van der Waals surface area contributed by atoms with E-state index >= 15 is 0 Å². The molecule has 5 rings (SSSR count). The third-order valence-corrected chi connectivity index (χ3v) is 9.72. The largest absolute Gasteiger partial charge is 0.339 e. The molecule has 3 aromatic rings. The molecule has 1 fully saturated rings. The molecular formula is C25H26ClN3O3S2. The van der Waals surface area contributed by atoms with Gasteiger partial charge in [-0.1, -0.05) is 41.9 Å². The van der Waals surface area contributed by atoms with Crippen LogP contribution in [0.3, 0.4) is 0 Å². The fourth-order valence-corrected chi connectivity index (χ4v) is 7.22. The van der Waals surface area contributed by atoms with Crippen molar-refractivity contribution >= 4 is 38.9 Å². The predicted octanol–water partition coefficient (Wildman–Crippen LogP) is 3.88. The molecule has 0 radical (unpaired) electrons. The van der Waals surface area contributed by atoms with E-state index in [4.69, 9.17) is 11.6 Å². The Kier molecular flexibility index (Phi) is 6.77. The second kappa shape index (κ2) is 9.79. The van der Waals surface area contributed by atoms with Crippen molar-refractivity contribution in [3.8, 4) is 0 Å². The van der Waals surface area contributed by atoms with Crippen molar-refractivity contribution in [2.75, 3.05) is 39.3 Å². The molecule has 0 bridgehead atoms. The molecule has 1 saturated heterocycles. The van der Waals surface area contributed by atoms with Gasteiger partial charge < -0.3 is 4.90 Å². The Labute approximate surface area is 209 Å². The fourth-order valence-electron chi connectivity index (χ4n) is 4.77. The smallest absolute Gasteiger partial charge is 0.243 e. The van der Waals surface area contributed by atoms with Gasteiger partial charge in [-0.15, -0.1) is 11.3 Å². The first-order chi connectivity index (χ1) is 16.4. The number of fused-ring (bicyclic) bond motifs is 1. The zero-order chi connectivity index (χ0) is 23.7. The van der Waals surface area contributed by atoms with Crippen molar-refractivity contribution in [1.82, 2.24) is 14.1 Å². The first-order valence-corrected chi connectivity index (χ1v) is 14.0. The molecule has 1 amide bonds. The minimum Gasteiger partial charge on any atom is -0.339 e. The summed E-state index contributed by atoms with van der Waals surface area (Å²) in [6, 6.07) is 18.8. The van der Waals surface area contributed by atoms with Crippen LogP contribution < -0.4 is 0 Å². The molecule has 178 valence electrons. The van der Waals surface area contributed by atoms with Gasteiger partial charge in [-0.3, -0.25) is 9.69 Å². The molecule has 2 aliphatic heterocycles. The Balaban J connectivity index is 1.26. The van der Waals surface area contributed by atoms with E-state index in [0.717, 1.165) is 13.0 Å². The zero-order valence-electron chi connectivity index (χ0n) is 18.6. The quantitative estimate of drug-likeness (QED) is 0.517. The van der Waals surface area contributed by atoms with Crippen molar-refractivity contribution in [1.29, 1.82) is 0 Å². The monoisotopic (exact) mass is 515 g/mol. The molecule has 0 saturated carbocycles. The van der Waals surface area contributed by atoms with E-state index in [1.807, 2.05) is 18.2 Å². The zero-order valence-corrected chi connectivity index (χ0v) is 21.0. The Bertz CT molecular complexity index is 1250. The number of carbonyl (C=O) groups is 1. The highest BCUT2D eigenvalue weighted by molar-refractivity contribution is 7.89. The van der Waals surface area contributed by atoms with Crippen LogP contribution in [0.5, 0.6) is 0 Å². The van der Waals surface area contributed by atoms with Crippen molar-refractivity contribution in [2.24, 2.45) is 0 Å². The maximum atomic E-state index is 13.3. The predicted molar refractivity (Wildman–Crippen MR) is 135 cm³/mol. The molecule has 0 aliphatic carbocycles. The average Bonchev–Trinajstić information content (AvgIpc) is 3.34. The molecule has 9 heteroatoms. The first kappa shape index (κ1) is 23.5. The lowest BCUT2D eigenvalue weighted by molar-refractivity contribution is -0.134. The van der Waals surface area contributed by atoms with Crippen LogP contribution in [0.1, 0.15) is 22.0 Å². The number of piperazine rings is 1. The van der Waals surface area contributed by atoms with Gasteiger partial charge in [0.1, 0.15) is 0 Å². The minimum absolute atomic E-state index is 0.0446. The van der Waals surface area contributed by atoms with Crippen LogP contribution in [0, 0.1) is 0 Å². The standard InChI is InChI=1S/C25H26ClN3O3S2/c26-20-6-8-21(9-7-20)34(31,32)29-15-13-27(14-16-29)24(30)18-28-12-10-23-22(11-17-33-23)25(28)19-4-2-1-3-5-19/h1-9,11,17,25H,10,12-16,18H2. The van der Waals surface area contributed by atoms with Gasteiger partial charge >= 0.3 is 0 Å². The van der Waals surface area contributed by atoms with Gasteiger partial charge in [-0.25, -0.2) is 8.42 Å². The van der Waals surface area contributed by atoms with E-state index in [-0.39, 0.29) is 29.9 Å². The molecule has 34 heavy (non-hydrogen) atoms. The normalized spacial score (nSPS) is 19.7. The van der Waals surface area contributed by atoms with Gasteiger partial charge in [0.25, 0.3) is 0 Å². The van der Waals surface area contributed by atoms with E-state index < -0.39 is 10.0 Å². The van der Waals surface area contributed by atoms with E-state index in [1.54, 1.807) is 28.4 Å². The number of sulfonamides is 1. The highest BCUT2D eigenvalue weighted by Crippen LogP contribution is 2.37. The number of rotatable bonds is 5. The second-order valence-corrected chi connectivity index (χ2v) is 11.9. The molecule has 0 spiro atoms. The molecule has 1 unspecified atom stereocenters. The Hall–Kier alpha value is -2.23. The van der Waals surface area contributed by atoms with E-state index in [2.05, 4.69) is 28.5 Å². The topological polar surface area (TPSA) is 60.9 Å². The Morgan fingerprint density at radius 2 is 1.65 bits per heavy atom. The molecular weight excluding hydrogens is 490 g/mol. The number of carbonyl (C=O) groups excluding carboxylic acids is 1. The molecule has 2 aromatic carbocycles. The Morgan fingerprint density at radius 3 is 2.35 bits per heavy atom. The summed E-state index contributed by atoms with van der Waals surface area (Å²) >= 11 is 7.68. The van der Waals surface area contributed by atoms with Crippen LogP contribution in [0.2, 0.25) is 5.02 Å². The average molecular weight is 516 g/mol. The third-order valence-electron chi connectivity index (χ3n) is 6.56. The van der Waals surface area contributed by atoms with Crippen molar-refractivity contribution < 1.29 is 13.2 Å². The van der Waals surface area contributed by atoms with Gasteiger partial charge in [0.15, 0.2) is 0 Å². The molecule has 6 nitrogen and oxygen atoms in total. The van der Waals surface area contributed by atoms with Crippen molar-refractivity contribution in [3.63, 3.8) is 0 Å². The summed E-state index contributed by atoms with van der Waals surface area (Å²) in [5.41, 5.74) is 2.47. The summed E-state index contributed by atoms with van der Waals surface area (Å²) in [7, 11) is -3.60. The summed E-state index contributed by atoms with van der Waals surface area (Å²) in [5.74, 6) is 0.0446. The van der Waals surface area contributed by atoms with Crippen LogP contribution in [0.15, 0.2) is 70.9 Å². The second-order valence-electron chi connectivity index (χ2n) is 8.57. The van der Waals surface area contributed by atoms with Crippen LogP contribution in [-0.2, 0) is 21.2 Å². The highest BCUT2D eigenvalue weighted by Gasteiger charge is 2.34. The summed E-state index contributed by atoms with van der Waals surface area (Å²) in [6.07, 6.45) is 0.941. The van der Waals surface area contributed by atoms with E-state index in [0.29, 0.717) is 24.7 Å². The van der Waals surface area contributed by atoms with Gasteiger partial charge in [0.2, 0.25) is 15.9 Å². The lowest BCUT2D eigenvalue weighted by Crippen LogP contribution is -2.53. The van der Waals surface area contributed by atoms with Crippen molar-refractivity contribution in [3.05, 3.63) is 87.1 Å². The van der Waals surface area contributed by atoms with Crippen LogP contribution in [0.4, 0.5) is 0 Å². The maximum Gasteiger partial charge on any atom is 0.243 e. The number of hydrogen-bond acceptors (Lipinski definition) is 5. The van der Waals surface area contributed by atoms with Crippen LogP contribution in [0.25, 0.3) is 0 Å². The van der Waals surface area contributed by atoms with Crippen LogP contribution in [-0.4, -0.2) is 67.7 Å². The van der Waals surface area contributed by atoms with Gasteiger partial charge in [0, 0.05) is 42.6 Å². The summed E-state index contributed by atoms with van der Waals surface area (Å²) < 4.78 is 27.4. The third kappa shape index (κ3) is 4.65. The molecule has 3 heterocycles. The number of amides is 1. The molecule has 0 N–H and O–H groups in total. The first-order valence-electron chi connectivity index (χ1n) is 11.3. The van der Waals surface area contributed by atoms with Gasteiger partial charge in [0.05, 0.1) is 17.5 Å². The Morgan fingerprint density at radius 1 is 0.941 bits per heavy atom. The summed E-state index contributed by atoms with van der Waals surface area (Å²) in [4.78, 5) is 18.9. The van der Waals surface area contributed by atoms with E-state index in [9.17, 15) is 13.2 Å². The molecule has 2 aliphatic rings. The summed E-state index contributed by atoms with van der Waals surface area (Å²) in [5, 5.41) is 2.63. The highest BCUT2D eigenvalue weighted by atomic mass is 35.5. The van der Waals surface area contributed by atoms with Gasteiger partial charge in [-0.05, 0) is 53.3 Å².